The molecule has 4 rings (SSSR count). The van der Waals surface area contributed by atoms with E-state index in [-0.39, 0.29) is 18.4 Å². The lowest BCUT2D eigenvalue weighted by molar-refractivity contribution is -0.152. The number of likely N-dealkylation sites (tertiary alicyclic amines) is 1. The molecule has 0 spiro atoms. The van der Waals surface area contributed by atoms with Crippen LogP contribution in [0.4, 0.5) is 0 Å². The zero-order valence-electron chi connectivity index (χ0n) is 16.6. The number of halogens is 1. The van der Waals surface area contributed by atoms with E-state index in [1.165, 1.54) is 24.0 Å². The fraction of sp³-hybridized carbons (Fsp3) is 0.458. The van der Waals surface area contributed by atoms with Crippen LogP contribution in [0.25, 0.3) is 0 Å². The van der Waals surface area contributed by atoms with E-state index in [1.54, 1.807) is 0 Å². The Morgan fingerprint density at radius 2 is 1.68 bits per heavy atom. The molecule has 150 valence electrons. The first-order chi connectivity index (χ1) is 13.2. The standard InChI is InChI=1S/C24H29NO2.ClH/c1-2-27-23(26)24(22-12-10-21(11-13-22)20-8-9-20)14-16-25(17-15-24)18-19-6-4-3-5-7-19;/h3-7,10-13,20H,2,8-9,14-18H2,1H3;1H. The summed E-state index contributed by atoms with van der Waals surface area (Å²) in [7, 11) is 0. The third-order valence-electron chi connectivity index (χ3n) is 6.14. The van der Waals surface area contributed by atoms with Crippen molar-refractivity contribution in [2.24, 2.45) is 0 Å². The molecule has 0 atom stereocenters. The summed E-state index contributed by atoms with van der Waals surface area (Å²) in [4.78, 5) is 15.4. The van der Waals surface area contributed by atoms with Gasteiger partial charge in [-0.25, -0.2) is 0 Å². The average Bonchev–Trinajstić information content (AvgIpc) is 3.55. The first kappa shape index (κ1) is 20.9. The van der Waals surface area contributed by atoms with Crippen molar-refractivity contribution < 1.29 is 9.53 Å². The van der Waals surface area contributed by atoms with Gasteiger partial charge < -0.3 is 4.74 Å². The topological polar surface area (TPSA) is 29.5 Å². The molecule has 1 heterocycles. The van der Waals surface area contributed by atoms with Crippen molar-refractivity contribution in [1.82, 2.24) is 4.90 Å². The largest absolute Gasteiger partial charge is 0.465 e. The first-order valence-corrected chi connectivity index (χ1v) is 10.3. The van der Waals surface area contributed by atoms with Gasteiger partial charge in [-0.1, -0.05) is 54.6 Å². The van der Waals surface area contributed by atoms with Gasteiger partial charge >= 0.3 is 5.97 Å². The third-order valence-corrected chi connectivity index (χ3v) is 6.14. The minimum absolute atomic E-state index is 0. The number of carbonyl (C=O) groups is 1. The maximum atomic E-state index is 13.0. The number of ether oxygens (including phenoxy) is 1. The molecule has 0 N–H and O–H groups in total. The van der Waals surface area contributed by atoms with E-state index in [4.69, 9.17) is 4.74 Å². The molecule has 1 saturated carbocycles. The van der Waals surface area contributed by atoms with Crippen LogP contribution in [-0.2, 0) is 21.5 Å². The molecule has 0 bridgehead atoms. The fourth-order valence-corrected chi connectivity index (χ4v) is 4.31. The second kappa shape index (κ2) is 9.11. The predicted octanol–water partition coefficient (Wildman–Crippen LogP) is 5.08. The molecular formula is C24H30ClNO2. The summed E-state index contributed by atoms with van der Waals surface area (Å²) in [5.74, 6) is 0.689. The number of carbonyl (C=O) groups excluding carboxylic acids is 1. The van der Waals surface area contributed by atoms with Crippen molar-refractivity contribution >= 4 is 18.4 Å². The van der Waals surface area contributed by atoms with Gasteiger partial charge in [-0.2, -0.15) is 0 Å². The Balaban J connectivity index is 0.00000225. The number of esters is 1. The SMILES string of the molecule is CCOC(=O)C1(c2ccc(C3CC3)cc2)CCN(Cc2ccccc2)CC1.Cl. The Labute approximate surface area is 174 Å². The van der Waals surface area contributed by atoms with Crippen molar-refractivity contribution in [3.05, 3.63) is 71.3 Å². The molecule has 1 aliphatic heterocycles. The second-order valence-electron chi connectivity index (χ2n) is 7.96. The molecule has 0 radical (unpaired) electrons. The van der Waals surface area contributed by atoms with E-state index in [2.05, 4.69) is 59.5 Å². The zero-order chi connectivity index (χ0) is 18.7. The molecule has 3 nitrogen and oxygen atoms in total. The summed E-state index contributed by atoms with van der Waals surface area (Å²) in [5, 5.41) is 0. The third kappa shape index (κ3) is 4.42. The van der Waals surface area contributed by atoms with Gasteiger partial charge in [-0.05, 0) is 68.3 Å². The summed E-state index contributed by atoms with van der Waals surface area (Å²) in [6.45, 7) is 5.11. The van der Waals surface area contributed by atoms with Gasteiger partial charge in [-0.3, -0.25) is 9.69 Å². The van der Waals surface area contributed by atoms with Crippen LogP contribution in [0.15, 0.2) is 54.6 Å². The lowest BCUT2D eigenvalue weighted by atomic mass is 9.72. The molecule has 1 aliphatic carbocycles. The molecule has 4 heteroatoms. The van der Waals surface area contributed by atoms with Crippen LogP contribution >= 0.6 is 12.4 Å². The molecule has 2 fully saturated rings. The number of nitrogens with zero attached hydrogens (tertiary/aromatic N) is 1. The monoisotopic (exact) mass is 399 g/mol. The Kier molecular flexibility index (Phi) is 6.79. The van der Waals surface area contributed by atoms with Gasteiger partial charge in [0, 0.05) is 6.54 Å². The molecular weight excluding hydrogens is 370 g/mol. The van der Waals surface area contributed by atoms with Crippen molar-refractivity contribution in [1.29, 1.82) is 0 Å². The van der Waals surface area contributed by atoms with Gasteiger partial charge in [0.1, 0.15) is 0 Å². The molecule has 2 aromatic carbocycles. The lowest BCUT2D eigenvalue weighted by Gasteiger charge is -2.40. The van der Waals surface area contributed by atoms with Crippen LogP contribution in [0.5, 0.6) is 0 Å². The Morgan fingerprint density at radius 3 is 2.25 bits per heavy atom. The highest BCUT2D eigenvalue weighted by atomic mass is 35.5. The highest BCUT2D eigenvalue weighted by Gasteiger charge is 2.44. The summed E-state index contributed by atoms with van der Waals surface area (Å²) < 4.78 is 5.53. The number of rotatable bonds is 6. The van der Waals surface area contributed by atoms with Gasteiger partial charge in [0.05, 0.1) is 12.0 Å². The molecule has 0 aromatic heterocycles. The van der Waals surface area contributed by atoms with E-state index in [1.807, 2.05) is 6.92 Å². The molecule has 0 amide bonds. The number of hydrogen-bond donors (Lipinski definition) is 0. The lowest BCUT2D eigenvalue weighted by Crippen LogP contribution is -2.47. The van der Waals surface area contributed by atoms with Crippen LogP contribution in [0.3, 0.4) is 0 Å². The summed E-state index contributed by atoms with van der Waals surface area (Å²) in [5.41, 5.74) is 3.38. The molecule has 1 saturated heterocycles. The van der Waals surface area contributed by atoms with Crippen molar-refractivity contribution in [3.63, 3.8) is 0 Å². The van der Waals surface area contributed by atoms with E-state index in [9.17, 15) is 4.79 Å². The van der Waals surface area contributed by atoms with Crippen LogP contribution < -0.4 is 0 Å². The van der Waals surface area contributed by atoms with E-state index >= 15 is 0 Å². The first-order valence-electron chi connectivity index (χ1n) is 10.3. The maximum absolute atomic E-state index is 13.0. The van der Waals surface area contributed by atoms with Gasteiger partial charge in [0.15, 0.2) is 0 Å². The van der Waals surface area contributed by atoms with E-state index in [0.717, 1.165) is 44.0 Å². The van der Waals surface area contributed by atoms with Crippen molar-refractivity contribution in [3.8, 4) is 0 Å². The van der Waals surface area contributed by atoms with Crippen LogP contribution in [-0.4, -0.2) is 30.6 Å². The van der Waals surface area contributed by atoms with Gasteiger partial charge in [0.2, 0.25) is 0 Å². The minimum Gasteiger partial charge on any atom is -0.465 e. The number of hydrogen-bond acceptors (Lipinski definition) is 3. The Hall–Kier alpha value is -1.84. The Morgan fingerprint density at radius 1 is 1.04 bits per heavy atom. The average molecular weight is 400 g/mol. The maximum Gasteiger partial charge on any atom is 0.316 e. The summed E-state index contributed by atoms with van der Waals surface area (Å²) in [6.07, 6.45) is 4.25. The number of piperidine rings is 1. The molecule has 2 aromatic rings. The highest BCUT2D eigenvalue weighted by Crippen LogP contribution is 2.42. The minimum atomic E-state index is -0.495. The normalized spacial score (nSPS) is 18.9. The van der Waals surface area contributed by atoms with Gasteiger partial charge in [-0.15, -0.1) is 12.4 Å². The van der Waals surface area contributed by atoms with Gasteiger partial charge in [0.25, 0.3) is 0 Å². The van der Waals surface area contributed by atoms with Crippen LogP contribution in [0.2, 0.25) is 0 Å². The number of benzene rings is 2. The van der Waals surface area contributed by atoms with Crippen molar-refractivity contribution in [2.75, 3.05) is 19.7 Å². The molecule has 2 aliphatic rings. The zero-order valence-corrected chi connectivity index (χ0v) is 17.4. The fourth-order valence-electron chi connectivity index (χ4n) is 4.31. The quantitative estimate of drug-likeness (QED) is 0.634. The van der Waals surface area contributed by atoms with Crippen LogP contribution in [0.1, 0.15) is 55.2 Å². The van der Waals surface area contributed by atoms with E-state index < -0.39 is 5.41 Å². The Bertz CT molecular complexity index is 763. The summed E-state index contributed by atoms with van der Waals surface area (Å²) in [6, 6.07) is 19.4. The highest BCUT2D eigenvalue weighted by molar-refractivity contribution is 5.85. The predicted molar refractivity (Wildman–Crippen MR) is 115 cm³/mol. The molecule has 0 unspecified atom stereocenters. The van der Waals surface area contributed by atoms with E-state index in [0.29, 0.717) is 6.61 Å². The van der Waals surface area contributed by atoms with Crippen molar-refractivity contribution in [2.45, 2.75) is 50.5 Å². The smallest absolute Gasteiger partial charge is 0.316 e. The second-order valence-corrected chi connectivity index (χ2v) is 7.96. The molecule has 28 heavy (non-hydrogen) atoms. The van der Waals surface area contributed by atoms with Crippen LogP contribution in [0, 0.1) is 0 Å². The summed E-state index contributed by atoms with van der Waals surface area (Å²) >= 11 is 0.